The summed E-state index contributed by atoms with van der Waals surface area (Å²) < 4.78 is 0. The molecule has 0 amide bonds. The topological polar surface area (TPSA) is 47.9 Å². The second-order valence-corrected chi connectivity index (χ2v) is 8.37. The minimum Gasteiger partial charge on any atom is -0.311 e. The maximum absolute atomic E-state index is 10.5. The Kier molecular flexibility index (Phi) is 3.84. The van der Waals surface area contributed by atoms with E-state index in [-0.39, 0.29) is 11.6 Å². The van der Waals surface area contributed by atoms with Gasteiger partial charge in [-0.25, -0.2) is 5.06 Å². The van der Waals surface area contributed by atoms with E-state index in [0.717, 1.165) is 23.4 Å². The number of fused-ring (bicyclic) bond motifs is 1. The van der Waals surface area contributed by atoms with Crippen LogP contribution in [0.25, 0.3) is 0 Å². The zero-order valence-corrected chi connectivity index (χ0v) is 14.0. The molecule has 4 atom stereocenters. The van der Waals surface area contributed by atoms with E-state index in [0.29, 0.717) is 18.0 Å². The average molecular weight is 307 g/mol. The van der Waals surface area contributed by atoms with E-state index in [1.807, 2.05) is 17.7 Å². The predicted molar refractivity (Wildman–Crippen MR) is 88.5 cm³/mol. The Morgan fingerprint density at radius 1 is 1.38 bits per heavy atom. The van der Waals surface area contributed by atoms with Crippen molar-refractivity contribution in [1.29, 1.82) is 0 Å². The molecule has 0 bridgehead atoms. The number of rotatable bonds is 1. The van der Waals surface area contributed by atoms with Crippen molar-refractivity contribution in [3.05, 3.63) is 16.3 Å². The van der Waals surface area contributed by atoms with Gasteiger partial charge in [-0.2, -0.15) is 0 Å². The van der Waals surface area contributed by atoms with Gasteiger partial charge in [0.15, 0.2) is 0 Å². The molecule has 1 saturated heterocycles. The number of nitrogens with one attached hydrogen (secondary N) is 1. The van der Waals surface area contributed by atoms with E-state index >= 15 is 0 Å². The summed E-state index contributed by atoms with van der Waals surface area (Å²) in [6.07, 6.45) is 3.87. The standard InChI is InChI=1S/C16H25N3OS/c1-10-7-11(8-14(18-10)16(2,3)4)15-17-9-13-12(19(15)20)5-6-21-13/h5-6,9-11,14-15,18,20H,7-8H2,1-4H3. The molecular formula is C16H25N3OS. The van der Waals surface area contributed by atoms with Crippen LogP contribution in [0.5, 0.6) is 0 Å². The second kappa shape index (κ2) is 5.38. The summed E-state index contributed by atoms with van der Waals surface area (Å²) in [5, 5.41) is 17.6. The van der Waals surface area contributed by atoms with Crippen LogP contribution in [-0.2, 0) is 0 Å². The van der Waals surface area contributed by atoms with Crippen molar-refractivity contribution >= 4 is 23.2 Å². The van der Waals surface area contributed by atoms with Gasteiger partial charge in [-0.3, -0.25) is 10.2 Å². The Labute approximate surface area is 130 Å². The van der Waals surface area contributed by atoms with Crippen molar-refractivity contribution < 1.29 is 5.21 Å². The molecule has 0 aromatic carbocycles. The van der Waals surface area contributed by atoms with Crippen LogP contribution in [0.2, 0.25) is 0 Å². The Balaban J connectivity index is 1.80. The first-order valence-corrected chi connectivity index (χ1v) is 8.59. The molecule has 3 heterocycles. The molecule has 3 rings (SSSR count). The van der Waals surface area contributed by atoms with Crippen LogP contribution in [0.4, 0.5) is 5.69 Å². The number of aliphatic imine (C=N–C) groups is 1. The summed E-state index contributed by atoms with van der Waals surface area (Å²) in [5.74, 6) is 0.375. The molecule has 2 aliphatic rings. The van der Waals surface area contributed by atoms with Crippen LogP contribution in [0.3, 0.4) is 0 Å². The number of nitrogens with zero attached hydrogens (tertiary/aromatic N) is 2. The number of hydroxylamine groups is 1. The van der Waals surface area contributed by atoms with Crippen LogP contribution in [0.1, 0.15) is 45.4 Å². The predicted octanol–water partition coefficient (Wildman–Crippen LogP) is 3.51. The van der Waals surface area contributed by atoms with Crippen molar-refractivity contribution in [3.8, 4) is 0 Å². The first-order valence-electron chi connectivity index (χ1n) is 7.71. The van der Waals surface area contributed by atoms with Crippen molar-refractivity contribution in [1.82, 2.24) is 5.32 Å². The first-order chi connectivity index (χ1) is 9.86. The highest BCUT2D eigenvalue weighted by Gasteiger charge is 2.39. The highest BCUT2D eigenvalue weighted by molar-refractivity contribution is 7.12. The van der Waals surface area contributed by atoms with Crippen LogP contribution in [0.15, 0.2) is 16.4 Å². The van der Waals surface area contributed by atoms with Crippen LogP contribution >= 0.6 is 11.3 Å². The van der Waals surface area contributed by atoms with Gasteiger partial charge in [0.1, 0.15) is 6.17 Å². The molecule has 0 radical (unpaired) electrons. The van der Waals surface area contributed by atoms with Gasteiger partial charge in [0.25, 0.3) is 0 Å². The SMILES string of the molecule is CC1CC(C2N=Cc3sccc3N2O)CC(C(C)(C)C)N1. The highest BCUT2D eigenvalue weighted by Crippen LogP contribution is 2.38. The fourth-order valence-corrected chi connectivity index (χ4v) is 4.20. The zero-order valence-electron chi connectivity index (χ0n) is 13.2. The Morgan fingerprint density at radius 2 is 2.14 bits per heavy atom. The molecule has 21 heavy (non-hydrogen) atoms. The molecule has 1 aromatic heterocycles. The van der Waals surface area contributed by atoms with Gasteiger partial charge >= 0.3 is 0 Å². The van der Waals surface area contributed by atoms with Gasteiger partial charge in [0, 0.05) is 24.2 Å². The third-order valence-electron chi connectivity index (χ3n) is 4.66. The van der Waals surface area contributed by atoms with Crippen molar-refractivity contribution in [2.75, 3.05) is 5.06 Å². The van der Waals surface area contributed by atoms with Gasteiger partial charge in [-0.1, -0.05) is 20.8 Å². The molecule has 0 spiro atoms. The summed E-state index contributed by atoms with van der Waals surface area (Å²) in [5.41, 5.74) is 1.12. The fraction of sp³-hybridized carbons (Fsp3) is 0.688. The van der Waals surface area contributed by atoms with E-state index in [1.165, 1.54) is 5.06 Å². The monoisotopic (exact) mass is 307 g/mol. The lowest BCUT2D eigenvalue weighted by molar-refractivity contribution is 0.107. The van der Waals surface area contributed by atoms with Crippen molar-refractivity contribution in [2.45, 2.75) is 58.8 Å². The lowest BCUT2D eigenvalue weighted by Gasteiger charge is -2.45. The van der Waals surface area contributed by atoms with Crippen molar-refractivity contribution in [2.24, 2.45) is 16.3 Å². The molecule has 4 unspecified atom stereocenters. The lowest BCUT2D eigenvalue weighted by atomic mass is 9.75. The quantitative estimate of drug-likeness (QED) is 0.835. The van der Waals surface area contributed by atoms with Gasteiger partial charge in [0.05, 0.1) is 10.6 Å². The molecule has 1 fully saturated rings. The minimum absolute atomic E-state index is 0.151. The molecule has 0 saturated carbocycles. The van der Waals surface area contributed by atoms with Gasteiger partial charge in [0.2, 0.25) is 0 Å². The molecule has 2 aliphatic heterocycles. The van der Waals surface area contributed by atoms with Crippen LogP contribution < -0.4 is 10.4 Å². The van der Waals surface area contributed by atoms with E-state index < -0.39 is 0 Å². The Bertz CT molecular complexity index is 534. The van der Waals surface area contributed by atoms with Gasteiger partial charge in [-0.05, 0) is 36.6 Å². The summed E-state index contributed by atoms with van der Waals surface area (Å²) in [7, 11) is 0. The summed E-state index contributed by atoms with van der Waals surface area (Å²) in [4.78, 5) is 5.68. The average Bonchev–Trinajstić information content (AvgIpc) is 2.86. The minimum atomic E-state index is -0.151. The van der Waals surface area contributed by atoms with Crippen molar-refractivity contribution in [3.63, 3.8) is 0 Å². The summed E-state index contributed by atoms with van der Waals surface area (Å²) in [6, 6.07) is 2.89. The summed E-state index contributed by atoms with van der Waals surface area (Å²) in [6.45, 7) is 9.06. The number of thiophene rings is 1. The number of hydrogen-bond acceptors (Lipinski definition) is 5. The number of piperidine rings is 1. The first kappa shape index (κ1) is 15.0. The molecular weight excluding hydrogens is 282 g/mol. The van der Waals surface area contributed by atoms with Crippen LogP contribution in [-0.4, -0.2) is 29.7 Å². The van der Waals surface area contributed by atoms with Crippen LogP contribution in [0, 0.1) is 11.3 Å². The maximum atomic E-state index is 10.5. The normalized spacial score (nSPS) is 33.1. The lowest BCUT2D eigenvalue weighted by Crippen LogP contribution is -2.54. The number of anilines is 1. The molecule has 116 valence electrons. The Morgan fingerprint density at radius 3 is 2.86 bits per heavy atom. The summed E-state index contributed by atoms with van der Waals surface area (Å²) >= 11 is 1.62. The third-order valence-corrected chi connectivity index (χ3v) is 5.50. The molecule has 5 heteroatoms. The third kappa shape index (κ3) is 2.87. The maximum Gasteiger partial charge on any atom is 0.148 e. The van der Waals surface area contributed by atoms with E-state index in [1.54, 1.807) is 11.3 Å². The van der Waals surface area contributed by atoms with E-state index in [9.17, 15) is 5.21 Å². The smallest absolute Gasteiger partial charge is 0.148 e. The second-order valence-electron chi connectivity index (χ2n) is 7.42. The Hall–Kier alpha value is -0.910. The van der Waals surface area contributed by atoms with Gasteiger partial charge < -0.3 is 5.32 Å². The van der Waals surface area contributed by atoms with E-state index in [4.69, 9.17) is 0 Å². The highest BCUT2D eigenvalue weighted by atomic mass is 32.1. The molecule has 0 aliphatic carbocycles. The molecule has 2 N–H and O–H groups in total. The van der Waals surface area contributed by atoms with Gasteiger partial charge in [-0.15, -0.1) is 11.3 Å². The number of hydrogen-bond donors (Lipinski definition) is 2. The molecule has 1 aromatic rings. The fourth-order valence-electron chi connectivity index (χ4n) is 3.45. The van der Waals surface area contributed by atoms with E-state index in [2.05, 4.69) is 38.0 Å². The largest absolute Gasteiger partial charge is 0.311 e. The zero-order chi connectivity index (χ0) is 15.2. The molecule has 4 nitrogen and oxygen atoms in total.